The first kappa shape index (κ1) is 13.8. The molecular formula is C13H18F2. The number of rotatable bonds is 2. The van der Waals surface area contributed by atoms with Crippen molar-refractivity contribution in [2.24, 2.45) is 0 Å². The molecule has 0 amide bonds. The van der Waals surface area contributed by atoms with Crippen LogP contribution in [0.1, 0.15) is 31.9 Å². The Morgan fingerprint density at radius 1 is 1.13 bits per heavy atom. The number of aryl methyl sites for hydroxylation is 1. The molecule has 1 aromatic rings. The Morgan fingerprint density at radius 3 is 2.27 bits per heavy atom. The molecule has 0 aliphatic rings. The summed E-state index contributed by atoms with van der Waals surface area (Å²) in [7, 11) is 0. The molecule has 0 saturated heterocycles. The van der Waals surface area contributed by atoms with Gasteiger partial charge in [-0.3, -0.25) is 0 Å². The van der Waals surface area contributed by atoms with E-state index in [1.165, 1.54) is 0 Å². The number of halogens is 2. The third-order valence-electron chi connectivity index (χ3n) is 1.93. The Bertz CT molecular complexity index is 328. The summed E-state index contributed by atoms with van der Waals surface area (Å²) in [4.78, 5) is 0. The number of benzene rings is 1. The van der Waals surface area contributed by atoms with Crippen LogP contribution in [0.25, 0.3) is 0 Å². The van der Waals surface area contributed by atoms with E-state index in [1.807, 2.05) is 26.8 Å². The van der Waals surface area contributed by atoms with Gasteiger partial charge >= 0.3 is 0 Å². The highest BCUT2D eigenvalue weighted by Gasteiger charge is 2.08. The monoisotopic (exact) mass is 212 g/mol. The number of allylic oxidation sites excluding steroid dienone is 2. The fourth-order valence-electron chi connectivity index (χ4n) is 1.09. The molecular weight excluding hydrogens is 194 g/mol. The maximum absolute atomic E-state index is 13.2. The van der Waals surface area contributed by atoms with E-state index in [0.717, 1.165) is 0 Å². The molecule has 0 bridgehead atoms. The van der Waals surface area contributed by atoms with Crippen molar-refractivity contribution in [3.63, 3.8) is 0 Å². The van der Waals surface area contributed by atoms with Crippen molar-refractivity contribution in [3.05, 3.63) is 47.0 Å². The van der Waals surface area contributed by atoms with Crippen LogP contribution >= 0.6 is 0 Å². The van der Waals surface area contributed by atoms with E-state index in [2.05, 4.69) is 0 Å². The molecule has 0 saturated carbocycles. The fraction of sp³-hybridized carbons (Fsp3) is 0.385. The lowest BCUT2D eigenvalue weighted by molar-refractivity contribution is 0.496. The molecule has 0 N–H and O–H groups in total. The van der Waals surface area contributed by atoms with Gasteiger partial charge in [0.25, 0.3) is 0 Å². The first-order valence-electron chi connectivity index (χ1n) is 5.21. The van der Waals surface area contributed by atoms with Gasteiger partial charge in [0.05, 0.1) is 0 Å². The van der Waals surface area contributed by atoms with Gasteiger partial charge in [0.15, 0.2) is 11.6 Å². The van der Waals surface area contributed by atoms with Crippen LogP contribution in [-0.4, -0.2) is 0 Å². The average molecular weight is 212 g/mol. The predicted octanol–water partition coefficient (Wildman–Crippen LogP) is 4.42. The summed E-state index contributed by atoms with van der Waals surface area (Å²) in [6.07, 6.45) is 4.06. The van der Waals surface area contributed by atoms with Gasteiger partial charge in [0.1, 0.15) is 0 Å². The summed E-state index contributed by atoms with van der Waals surface area (Å²) in [5.41, 5.74) is 0.753. The Balaban J connectivity index is 0.000000921. The quantitative estimate of drug-likeness (QED) is 0.637. The van der Waals surface area contributed by atoms with Crippen molar-refractivity contribution in [1.29, 1.82) is 0 Å². The normalized spacial score (nSPS) is 10.0. The molecule has 0 aromatic heterocycles. The molecule has 0 heterocycles. The van der Waals surface area contributed by atoms with Crippen LogP contribution < -0.4 is 0 Å². The highest BCUT2D eigenvalue weighted by molar-refractivity contribution is 5.26. The highest BCUT2D eigenvalue weighted by atomic mass is 19.2. The molecule has 15 heavy (non-hydrogen) atoms. The minimum Gasteiger partial charge on any atom is -0.203 e. The molecule has 0 fully saturated rings. The molecule has 0 aliphatic carbocycles. The van der Waals surface area contributed by atoms with E-state index in [9.17, 15) is 8.78 Å². The number of hydrogen-bond acceptors (Lipinski definition) is 0. The summed E-state index contributed by atoms with van der Waals surface area (Å²) in [5, 5.41) is 0. The van der Waals surface area contributed by atoms with Crippen LogP contribution in [0, 0.1) is 18.6 Å². The zero-order chi connectivity index (χ0) is 11.8. The lowest BCUT2D eigenvalue weighted by Gasteiger charge is -2.02. The summed E-state index contributed by atoms with van der Waals surface area (Å²) < 4.78 is 26.2. The molecule has 0 spiro atoms. The van der Waals surface area contributed by atoms with Crippen molar-refractivity contribution in [2.45, 2.75) is 34.1 Å². The zero-order valence-electron chi connectivity index (χ0n) is 9.77. The molecule has 1 aromatic carbocycles. The molecule has 2 heteroatoms. The molecule has 0 aliphatic heterocycles. The van der Waals surface area contributed by atoms with Crippen molar-refractivity contribution in [3.8, 4) is 0 Å². The zero-order valence-corrected chi connectivity index (χ0v) is 9.77. The fourth-order valence-corrected chi connectivity index (χ4v) is 1.09. The first-order valence-corrected chi connectivity index (χ1v) is 5.21. The second-order valence-electron chi connectivity index (χ2n) is 2.94. The summed E-state index contributed by atoms with van der Waals surface area (Å²) in [6, 6.07) is 3.21. The summed E-state index contributed by atoms with van der Waals surface area (Å²) >= 11 is 0. The predicted molar refractivity (Wildman–Crippen MR) is 61.0 cm³/mol. The van der Waals surface area contributed by atoms with Crippen molar-refractivity contribution < 1.29 is 8.78 Å². The Morgan fingerprint density at radius 2 is 1.73 bits per heavy atom. The second-order valence-corrected chi connectivity index (χ2v) is 2.94. The molecule has 0 radical (unpaired) electrons. The minimum atomic E-state index is -0.734. The van der Waals surface area contributed by atoms with Gasteiger partial charge in [-0.15, -0.1) is 0 Å². The summed E-state index contributed by atoms with van der Waals surface area (Å²) in [6.45, 7) is 7.40. The SMILES string of the molecule is C/C=C/Cc1ccc(C)c(F)c1F.CC. The lowest BCUT2D eigenvalue weighted by Crippen LogP contribution is -1.95. The lowest BCUT2D eigenvalue weighted by atomic mass is 10.1. The second kappa shape index (κ2) is 7.16. The minimum absolute atomic E-state index is 0.349. The third kappa shape index (κ3) is 3.82. The Kier molecular flexibility index (Phi) is 6.59. The first-order chi connectivity index (χ1) is 7.16. The average Bonchev–Trinajstić information content (AvgIpc) is 2.28. The van der Waals surface area contributed by atoms with Gasteiger partial charge in [0, 0.05) is 0 Å². The van der Waals surface area contributed by atoms with Gasteiger partial charge < -0.3 is 0 Å². The molecule has 84 valence electrons. The number of hydrogen-bond donors (Lipinski definition) is 0. The van der Waals surface area contributed by atoms with Crippen LogP contribution in [0.3, 0.4) is 0 Å². The van der Waals surface area contributed by atoms with Crippen LogP contribution in [0.2, 0.25) is 0 Å². The Hall–Kier alpha value is -1.18. The standard InChI is InChI=1S/C11H12F2.C2H6/c1-3-4-5-9-7-6-8(2)10(12)11(9)13;1-2/h3-4,6-7H,5H2,1-2H3;1-2H3/b4-3+;. The van der Waals surface area contributed by atoms with Gasteiger partial charge in [0.2, 0.25) is 0 Å². The maximum Gasteiger partial charge on any atom is 0.162 e. The van der Waals surface area contributed by atoms with Crippen LogP contribution in [-0.2, 0) is 6.42 Å². The smallest absolute Gasteiger partial charge is 0.162 e. The molecule has 0 atom stereocenters. The Labute approximate surface area is 90.6 Å². The van der Waals surface area contributed by atoms with E-state index in [-0.39, 0.29) is 0 Å². The van der Waals surface area contributed by atoms with Crippen LogP contribution in [0.4, 0.5) is 8.78 Å². The highest BCUT2D eigenvalue weighted by Crippen LogP contribution is 2.16. The van der Waals surface area contributed by atoms with Gasteiger partial charge in [-0.2, -0.15) is 0 Å². The van der Waals surface area contributed by atoms with Crippen molar-refractivity contribution in [2.75, 3.05) is 0 Å². The van der Waals surface area contributed by atoms with Gasteiger partial charge in [-0.25, -0.2) is 8.78 Å². The maximum atomic E-state index is 13.2. The largest absolute Gasteiger partial charge is 0.203 e. The molecule has 1 rings (SSSR count). The van der Waals surface area contributed by atoms with E-state index in [1.54, 1.807) is 25.1 Å². The van der Waals surface area contributed by atoms with Crippen LogP contribution in [0.15, 0.2) is 24.3 Å². The van der Waals surface area contributed by atoms with E-state index < -0.39 is 11.6 Å². The molecule has 0 unspecified atom stereocenters. The third-order valence-corrected chi connectivity index (χ3v) is 1.93. The van der Waals surface area contributed by atoms with E-state index >= 15 is 0 Å². The van der Waals surface area contributed by atoms with Crippen molar-refractivity contribution >= 4 is 0 Å². The van der Waals surface area contributed by atoms with Gasteiger partial charge in [-0.1, -0.05) is 38.1 Å². The van der Waals surface area contributed by atoms with Gasteiger partial charge in [-0.05, 0) is 31.4 Å². The topological polar surface area (TPSA) is 0 Å². The van der Waals surface area contributed by atoms with E-state index in [4.69, 9.17) is 0 Å². The van der Waals surface area contributed by atoms with E-state index in [0.29, 0.717) is 17.5 Å². The van der Waals surface area contributed by atoms with Crippen molar-refractivity contribution in [1.82, 2.24) is 0 Å². The summed E-state index contributed by atoms with van der Waals surface area (Å²) in [5.74, 6) is -1.46. The van der Waals surface area contributed by atoms with Crippen LogP contribution in [0.5, 0.6) is 0 Å². The molecule has 0 nitrogen and oxygen atoms in total.